The lowest BCUT2D eigenvalue weighted by Crippen LogP contribution is -2.30. The maximum absolute atomic E-state index is 12.7. The number of esters is 1. The molecule has 3 rings (SSSR count). The molecule has 2 aromatic carbocycles. The van der Waals surface area contributed by atoms with Crippen molar-refractivity contribution in [3.05, 3.63) is 77.9 Å². The van der Waals surface area contributed by atoms with Gasteiger partial charge < -0.3 is 4.74 Å². The minimum atomic E-state index is -0.960. The van der Waals surface area contributed by atoms with Gasteiger partial charge in [0, 0.05) is 17.9 Å². The van der Waals surface area contributed by atoms with Crippen LogP contribution in [-0.4, -0.2) is 24.1 Å². The van der Waals surface area contributed by atoms with Gasteiger partial charge in [-0.3, -0.25) is 14.4 Å². The van der Waals surface area contributed by atoms with Crippen molar-refractivity contribution >= 4 is 23.1 Å². The zero-order valence-electron chi connectivity index (χ0n) is 14.6. The molecule has 0 aromatic heterocycles. The van der Waals surface area contributed by atoms with Crippen LogP contribution in [0, 0.1) is 11.8 Å². The van der Waals surface area contributed by atoms with Crippen LogP contribution in [0.1, 0.15) is 29.3 Å². The molecule has 0 amide bonds. The Morgan fingerprint density at radius 1 is 0.962 bits per heavy atom. The second kappa shape index (κ2) is 7.91. The summed E-state index contributed by atoms with van der Waals surface area (Å²) in [4.78, 5) is 37.6. The number of rotatable bonds is 6. The molecule has 4 nitrogen and oxygen atoms in total. The van der Waals surface area contributed by atoms with Crippen LogP contribution >= 0.6 is 0 Å². The van der Waals surface area contributed by atoms with Gasteiger partial charge in [-0.05, 0) is 24.1 Å². The van der Waals surface area contributed by atoms with Gasteiger partial charge in [0.15, 0.2) is 11.6 Å². The van der Waals surface area contributed by atoms with Crippen molar-refractivity contribution in [2.75, 3.05) is 6.61 Å². The Morgan fingerprint density at radius 2 is 1.58 bits per heavy atom. The van der Waals surface area contributed by atoms with Gasteiger partial charge in [-0.1, -0.05) is 60.7 Å². The van der Waals surface area contributed by atoms with Gasteiger partial charge in [-0.2, -0.15) is 0 Å². The maximum Gasteiger partial charge on any atom is 0.317 e. The van der Waals surface area contributed by atoms with Gasteiger partial charge >= 0.3 is 5.97 Å². The summed E-state index contributed by atoms with van der Waals surface area (Å²) in [7, 11) is 0. The van der Waals surface area contributed by atoms with Crippen LogP contribution in [-0.2, 0) is 14.3 Å². The molecule has 0 fully saturated rings. The molecule has 132 valence electrons. The zero-order valence-corrected chi connectivity index (χ0v) is 14.6. The van der Waals surface area contributed by atoms with Gasteiger partial charge in [0.25, 0.3) is 0 Å². The fourth-order valence-corrected chi connectivity index (χ4v) is 3.34. The third-order valence-electron chi connectivity index (χ3n) is 4.55. The largest absolute Gasteiger partial charge is 0.465 e. The summed E-state index contributed by atoms with van der Waals surface area (Å²) >= 11 is 0. The van der Waals surface area contributed by atoms with Crippen molar-refractivity contribution in [3.8, 4) is 0 Å². The average Bonchev–Trinajstić information content (AvgIpc) is 2.99. The Bertz CT molecular complexity index is 837. The lowest BCUT2D eigenvalue weighted by molar-refractivity contribution is -0.151. The first-order valence-electron chi connectivity index (χ1n) is 8.67. The number of carbonyl (C=O) groups is 3. The first-order chi connectivity index (χ1) is 12.6. The number of carbonyl (C=O) groups excluding carboxylic acids is 3. The van der Waals surface area contributed by atoms with Crippen LogP contribution < -0.4 is 0 Å². The predicted octanol–water partition coefficient (Wildman–Crippen LogP) is 3.72. The molecule has 0 saturated carbocycles. The fraction of sp³-hybridized carbons (Fsp3) is 0.227. The lowest BCUT2D eigenvalue weighted by Gasteiger charge is -2.20. The molecule has 26 heavy (non-hydrogen) atoms. The number of Topliss-reactive ketones (excluding diaryl/α,β-unsaturated/α-hetero) is 1. The molecule has 2 atom stereocenters. The van der Waals surface area contributed by atoms with Gasteiger partial charge in [-0.15, -0.1) is 0 Å². The third kappa shape index (κ3) is 3.64. The van der Waals surface area contributed by atoms with Crippen LogP contribution in [0.3, 0.4) is 0 Å². The second-order valence-corrected chi connectivity index (χ2v) is 6.20. The molecule has 0 bridgehead atoms. The van der Waals surface area contributed by atoms with Crippen LogP contribution in [0.15, 0.2) is 66.7 Å². The first-order valence-corrected chi connectivity index (χ1v) is 8.67. The van der Waals surface area contributed by atoms with Gasteiger partial charge in [-0.25, -0.2) is 0 Å². The number of allylic oxidation sites excluding steroid dienone is 2. The summed E-state index contributed by atoms with van der Waals surface area (Å²) in [6.07, 6.45) is 1.57. The molecule has 0 unspecified atom stereocenters. The van der Waals surface area contributed by atoms with Crippen LogP contribution in [0.5, 0.6) is 0 Å². The smallest absolute Gasteiger partial charge is 0.317 e. The van der Waals surface area contributed by atoms with E-state index in [-0.39, 0.29) is 24.6 Å². The number of hydrogen-bond acceptors (Lipinski definition) is 4. The topological polar surface area (TPSA) is 60.4 Å². The quantitative estimate of drug-likeness (QED) is 0.453. The van der Waals surface area contributed by atoms with E-state index in [4.69, 9.17) is 4.74 Å². The van der Waals surface area contributed by atoms with Crippen molar-refractivity contribution in [2.45, 2.75) is 13.3 Å². The van der Waals surface area contributed by atoms with Gasteiger partial charge in [0.2, 0.25) is 0 Å². The van der Waals surface area contributed by atoms with E-state index in [1.54, 1.807) is 31.2 Å². The van der Waals surface area contributed by atoms with Crippen LogP contribution in [0.4, 0.5) is 0 Å². The van der Waals surface area contributed by atoms with E-state index in [9.17, 15) is 14.4 Å². The number of benzene rings is 2. The average molecular weight is 348 g/mol. The van der Waals surface area contributed by atoms with E-state index in [1.165, 1.54) is 6.08 Å². The van der Waals surface area contributed by atoms with Crippen molar-refractivity contribution in [1.82, 2.24) is 0 Å². The summed E-state index contributed by atoms with van der Waals surface area (Å²) in [5.41, 5.74) is 2.14. The normalized spacial score (nSPS) is 19.1. The van der Waals surface area contributed by atoms with Crippen molar-refractivity contribution in [3.63, 3.8) is 0 Å². The highest BCUT2D eigenvalue weighted by Gasteiger charge is 2.43. The molecule has 0 radical (unpaired) electrons. The van der Waals surface area contributed by atoms with E-state index < -0.39 is 17.8 Å². The summed E-state index contributed by atoms with van der Waals surface area (Å²) in [5.74, 6) is -2.44. The highest BCUT2D eigenvalue weighted by Crippen LogP contribution is 2.40. The maximum atomic E-state index is 12.7. The van der Waals surface area contributed by atoms with Gasteiger partial charge in [0.05, 0.1) is 6.61 Å². The summed E-state index contributed by atoms with van der Waals surface area (Å²) < 4.78 is 5.09. The molecule has 4 heteroatoms. The van der Waals surface area contributed by atoms with Crippen LogP contribution in [0.25, 0.3) is 5.57 Å². The van der Waals surface area contributed by atoms with Gasteiger partial charge in [0.1, 0.15) is 5.92 Å². The van der Waals surface area contributed by atoms with E-state index in [0.29, 0.717) is 5.56 Å². The minimum absolute atomic E-state index is 0.0833. The molecule has 0 N–H and O–H groups in total. The highest BCUT2D eigenvalue weighted by molar-refractivity contribution is 6.14. The predicted molar refractivity (Wildman–Crippen MR) is 98.4 cm³/mol. The molecule has 1 aliphatic carbocycles. The molecular formula is C22H20O4. The van der Waals surface area contributed by atoms with E-state index in [0.717, 1.165) is 11.1 Å². The van der Waals surface area contributed by atoms with Crippen LogP contribution in [0.2, 0.25) is 0 Å². The molecular weight excluding hydrogens is 328 g/mol. The summed E-state index contributed by atoms with van der Waals surface area (Å²) in [6, 6.07) is 18.3. The highest BCUT2D eigenvalue weighted by atomic mass is 16.5. The fourth-order valence-electron chi connectivity index (χ4n) is 3.34. The monoisotopic (exact) mass is 348 g/mol. The van der Waals surface area contributed by atoms with Crippen molar-refractivity contribution in [2.24, 2.45) is 11.8 Å². The Balaban J connectivity index is 1.93. The first kappa shape index (κ1) is 17.8. The minimum Gasteiger partial charge on any atom is -0.465 e. The Kier molecular flexibility index (Phi) is 5.42. The second-order valence-electron chi connectivity index (χ2n) is 6.20. The Morgan fingerprint density at radius 3 is 2.19 bits per heavy atom. The van der Waals surface area contributed by atoms with E-state index in [2.05, 4.69) is 0 Å². The van der Waals surface area contributed by atoms with E-state index >= 15 is 0 Å². The summed E-state index contributed by atoms with van der Waals surface area (Å²) in [5, 5.41) is 0. The molecule has 0 spiro atoms. The molecule has 2 aromatic rings. The third-order valence-corrected chi connectivity index (χ3v) is 4.55. The number of hydrogen-bond donors (Lipinski definition) is 0. The molecule has 0 aliphatic heterocycles. The number of ether oxygens (including phenoxy) is 1. The summed E-state index contributed by atoms with van der Waals surface area (Å²) in [6.45, 7) is 1.90. The Hall–Kier alpha value is -3.01. The number of ketones is 2. The zero-order chi connectivity index (χ0) is 18.5. The Labute approximate surface area is 152 Å². The standard InChI is InChI=1S/C22H20O4/c1-2-26-22(25)21-18(14-19(23)16-11-7-4-8-12-16)17(13-20(21)24)15-9-5-3-6-10-15/h3-13,18,21H,2,14H2,1H3/t18-,21+/m1/s1. The van der Waals surface area contributed by atoms with Crippen molar-refractivity contribution < 1.29 is 19.1 Å². The molecule has 0 saturated heterocycles. The lowest BCUT2D eigenvalue weighted by atomic mass is 9.82. The van der Waals surface area contributed by atoms with Crippen molar-refractivity contribution in [1.29, 1.82) is 0 Å². The molecule has 0 heterocycles. The van der Waals surface area contributed by atoms with E-state index in [1.807, 2.05) is 36.4 Å². The SMILES string of the molecule is CCOC(=O)[C@@H]1C(=O)C=C(c2ccccc2)[C@H]1CC(=O)c1ccccc1. The molecule has 1 aliphatic rings.